The van der Waals surface area contributed by atoms with E-state index >= 15 is 0 Å². The van der Waals surface area contributed by atoms with Crippen molar-refractivity contribution in [2.24, 2.45) is 5.92 Å². The number of nitrogens with one attached hydrogen (secondary N) is 1. The van der Waals surface area contributed by atoms with Crippen LogP contribution >= 0.6 is 0 Å². The Balaban J connectivity index is 3.89. The van der Waals surface area contributed by atoms with Crippen molar-refractivity contribution in [2.45, 2.75) is 53.1 Å². The van der Waals surface area contributed by atoms with Crippen molar-refractivity contribution < 1.29 is 4.79 Å². The Morgan fingerprint density at radius 3 is 2.13 bits per heavy atom. The second kappa shape index (κ2) is 6.83. The predicted octanol–water partition coefficient (Wildman–Crippen LogP) is 1.88. The van der Waals surface area contributed by atoms with Gasteiger partial charge in [-0.3, -0.25) is 4.79 Å². The monoisotopic (exact) mass is 214 g/mol. The van der Waals surface area contributed by atoms with Gasteiger partial charge >= 0.3 is 0 Å². The van der Waals surface area contributed by atoms with Crippen molar-refractivity contribution in [1.29, 1.82) is 0 Å². The molecule has 0 bridgehead atoms. The summed E-state index contributed by atoms with van der Waals surface area (Å²) in [7, 11) is 1.89. The highest BCUT2D eigenvalue weighted by Gasteiger charge is 2.17. The molecule has 0 saturated carbocycles. The maximum atomic E-state index is 11.8. The van der Waals surface area contributed by atoms with E-state index in [2.05, 4.69) is 39.9 Å². The highest BCUT2D eigenvalue weighted by molar-refractivity contribution is 5.76. The minimum absolute atomic E-state index is 0.226. The molecule has 0 aliphatic carbocycles. The summed E-state index contributed by atoms with van der Waals surface area (Å²) < 4.78 is 0. The van der Waals surface area contributed by atoms with E-state index < -0.39 is 0 Å². The Kier molecular flexibility index (Phi) is 6.57. The lowest BCUT2D eigenvalue weighted by Crippen LogP contribution is -2.39. The molecule has 1 amide bonds. The molecule has 0 aliphatic heterocycles. The molecule has 0 spiro atoms. The van der Waals surface area contributed by atoms with Gasteiger partial charge in [0.2, 0.25) is 5.91 Å². The van der Waals surface area contributed by atoms with Crippen molar-refractivity contribution in [3.05, 3.63) is 0 Å². The van der Waals surface area contributed by atoms with E-state index in [-0.39, 0.29) is 5.91 Å². The Morgan fingerprint density at radius 1 is 1.20 bits per heavy atom. The van der Waals surface area contributed by atoms with Crippen LogP contribution < -0.4 is 5.32 Å². The van der Waals surface area contributed by atoms with Crippen molar-refractivity contribution in [3.63, 3.8) is 0 Å². The van der Waals surface area contributed by atoms with Gasteiger partial charge < -0.3 is 10.2 Å². The number of hydrogen-bond donors (Lipinski definition) is 1. The van der Waals surface area contributed by atoms with Crippen LogP contribution in [0.2, 0.25) is 0 Å². The van der Waals surface area contributed by atoms with Gasteiger partial charge in [0.05, 0.1) is 0 Å². The minimum atomic E-state index is 0.226. The standard InChI is InChI=1S/C12H26N2O/c1-9(2)11(5)14(6)12(15)7-8-13-10(3)4/h9-11,13H,7-8H2,1-6H3. The second-order valence-corrected chi connectivity index (χ2v) is 4.85. The lowest BCUT2D eigenvalue weighted by molar-refractivity contribution is -0.132. The highest BCUT2D eigenvalue weighted by Crippen LogP contribution is 2.08. The molecule has 3 heteroatoms. The van der Waals surface area contributed by atoms with Gasteiger partial charge in [0.15, 0.2) is 0 Å². The lowest BCUT2D eigenvalue weighted by atomic mass is 10.1. The van der Waals surface area contributed by atoms with Crippen LogP contribution in [0.1, 0.15) is 41.0 Å². The summed E-state index contributed by atoms with van der Waals surface area (Å²) in [5, 5.41) is 3.25. The van der Waals surface area contributed by atoms with Crippen molar-refractivity contribution in [3.8, 4) is 0 Å². The molecule has 0 fully saturated rings. The number of carbonyl (C=O) groups excluding carboxylic acids is 1. The average molecular weight is 214 g/mol. The Hall–Kier alpha value is -0.570. The molecular formula is C12H26N2O. The predicted molar refractivity (Wildman–Crippen MR) is 64.8 cm³/mol. The van der Waals surface area contributed by atoms with E-state index in [1.54, 1.807) is 0 Å². The van der Waals surface area contributed by atoms with Gasteiger partial charge in [-0.25, -0.2) is 0 Å². The number of hydrogen-bond acceptors (Lipinski definition) is 2. The highest BCUT2D eigenvalue weighted by atomic mass is 16.2. The molecule has 0 aromatic carbocycles. The topological polar surface area (TPSA) is 32.3 Å². The maximum Gasteiger partial charge on any atom is 0.223 e. The van der Waals surface area contributed by atoms with Crippen LogP contribution in [0.4, 0.5) is 0 Å². The first-order chi connectivity index (χ1) is 6.86. The van der Waals surface area contributed by atoms with E-state index in [1.165, 1.54) is 0 Å². The van der Waals surface area contributed by atoms with Gasteiger partial charge in [-0.05, 0) is 12.8 Å². The Morgan fingerprint density at radius 2 is 1.73 bits per heavy atom. The van der Waals surface area contributed by atoms with Gasteiger partial charge in [0.1, 0.15) is 0 Å². The van der Waals surface area contributed by atoms with Crippen molar-refractivity contribution in [2.75, 3.05) is 13.6 Å². The summed E-state index contributed by atoms with van der Waals surface area (Å²) in [6.45, 7) is 11.3. The second-order valence-electron chi connectivity index (χ2n) is 4.85. The summed E-state index contributed by atoms with van der Waals surface area (Å²) in [5.74, 6) is 0.737. The van der Waals surface area contributed by atoms with E-state index in [0.29, 0.717) is 24.4 Å². The largest absolute Gasteiger partial charge is 0.343 e. The lowest BCUT2D eigenvalue weighted by Gasteiger charge is -2.28. The van der Waals surface area contributed by atoms with Crippen LogP contribution in [0, 0.1) is 5.92 Å². The molecule has 0 heterocycles. The zero-order chi connectivity index (χ0) is 12.0. The summed E-state index contributed by atoms with van der Waals surface area (Å²) in [6, 6.07) is 0.766. The first-order valence-electron chi connectivity index (χ1n) is 5.85. The normalized spacial score (nSPS) is 13.3. The van der Waals surface area contributed by atoms with Crippen molar-refractivity contribution in [1.82, 2.24) is 10.2 Å². The van der Waals surface area contributed by atoms with Gasteiger partial charge in [-0.2, -0.15) is 0 Å². The number of carbonyl (C=O) groups is 1. The molecule has 1 atom stereocenters. The number of nitrogens with zero attached hydrogens (tertiary/aromatic N) is 1. The Bertz CT molecular complexity index is 190. The zero-order valence-corrected chi connectivity index (χ0v) is 11.0. The van der Waals surface area contributed by atoms with Crippen LogP contribution in [-0.2, 0) is 4.79 Å². The van der Waals surface area contributed by atoms with Gasteiger partial charge in [-0.15, -0.1) is 0 Å². The molecule has 0 rings (SSSR count). The fraction of sp³-hybridized carbons (Fsp3) is 0.917. The average Bonchev–Trinajstić information content (AvgIpc) is 2.14. The van der Waals surface area contributed by atoms with Crippen molar-refractivity contribution >= 4 is 5.91 Å². The molecule has 1 unspecified atom stereocenters. The smallest absolute Gasteiger partial charge is 0.223 e. The SMILES string of the molecule is CC(C)NCCC(=O)N(C)C(C)C(C)C. The number of rotatable bonds is 6. The summed E-state index contributed by atoms with van der Waals surface area (Å²) in [5.41, 5.74) is 0. The number of amides is 1. The van der Waals surface area contributed by atoms with E-state index in [0.717, 1.165) is 6.54 Å². The molecule has 15 heavy (non-hydrogen) atoms. The molecule has 0 radical (unpaired) electrons. The summed E-state index contributed by atoms with van der Waals surface area (Å²) in [6.07, 6.45) is 0.589. The molecular weight excluding hydrogens is 188 g/mol. The van der Waals surface area contributed by atoms with Gasteiger partial charge in [0.25, 0.3) is 0 Å². The third-order valence-electron chi connectivity index (χ3n) is 2.86. The maximum absolute atomic E-state index is 11.8. The zero-order valence-electron chi connectivity index (χ0n) is 11.0. The Labute approximate surface area is 94.2 Å². The summed E-state index contributed by atoms with van der Waals surface area (Å²) >= 11 is 0. The molecule has 0 aliphatic rings. The van der Waals surface area contributed by atoms with Gasteiger partial charge in [0, 0.05) is 32.1 Å². The van der Waals surface area contributed by atoms with Crippen LogP contribution in [0.5, 0.6) is 0 Å². The first kappa shape index (κ1) is 14.4. The molecule has 90 valence electrons. The van der Waals surface area contributed by atoms with Crippen LogP contribution in [0.25, 0.3) is 0 Å². The quantitative estimate of drug-likeness (QED) is 0.732. The minimum Gasteiger partial charge on any atom is -0.343 e. The molecule has 1 N–H and O–H groups in total. The van der Waals surface area contributed by atoms with Crippen LogP contribution in [0.15, 0.2) is 0 Å². The molecule has 0 saturated heterocycles. The molecule has 3 nitrogen and oxygen atoms in total. The third-order valence-corrected chi connectivity index (χ3v) is 2.86. The van der Waals surface area contributed by atoms with E-state index in [9.17, 15) is 4.79 Å². The third kappa shape index (κ3) is 5.78. The summed E-state index contributed by atoms with van der Waals surface area (Å²) in [4.78, 5) is 13.6. The van der Waals surface area contributed by atoms with Crippen LogP contribution in [0.3, 0.4) is 0 Å². The first-order valence-corrected chi connectivity index (χ1v) is 5.85. The molecule has 0 aromatic heterocycles. The molecule has 0 aromatic rings. The fourth-order valence-electron chi connectivity index (χ4n) is 1.32. The van der Waals surface area contributed by atoms with E-state index in [4.69, 9.17) is 0 Å². The van der Waals surface area contributed by atoms with Crippen LogP contribution in [-0.4, -0.2) is 36.5 Å². The fourth-order valence-corrected chi connectivity index (χ4v) is 1.32. The van der Waals surface area contributed by atoms with Gasteiger partial charge in [-0.1, -0.05) is 27.7 Å². The van der Waals surface area contributed by atoms with E-state index in [1.807, 2.05) is 11.9 Å².